The molecule has 2 rings (SSSR count). The van der Waals surface area contributed by atoms with Gasteiger partial charge < -0.3 is 5.84 Å². The number of hydrogen-bond donors (Lipinski definition) is 1. The standard InChI is InChI=1S/C11H16F2N6S/c1-2-3-4-8-16-17-11(19(8)14)20-7-9-15-5-6-18(9)10(12)13/h5-6,10H,2-4,7,14H2,1H3. The zero-order valence-electron chi connectivity index (χ0n) is 11.0. The van der Waals surface area contributed by atoms with E-state index < -0.39 is 6.55 Å². The Labute approximate surface area is 119 Å². The van der Waals surface area contributed by atoms with Crippen molar-refractivity contribution in [1.82, 2.24) is 24.4 Å². The molecule has 6 nitrogen and oxygen atoms in total. The van der Waals surface area contributed by atoms with Gasteiger partial charge in [-0.3, -0.25) is 4.57 Å². The summed E-state index contributed by atoms with van der Waals surface area (Å²) in [6.07, 6.45) is 5.38. The van der Waals surface area contributed by atoms with Crippen LogP contribution in [0.4, 0.5) is 8.78 Å². The van der Waals surface area contributed by atoms with Gasteiger partial charge in [0, 0.05) is 18.8 Å². The molecule has 2 aromatic rings. The number of rotatable bonds is 7. The van der Waals surface area contributed by atoms with Gasteiger partial charge in [0.2, 0.25) is 5.16 Å². The Morgan fingerprint density at radius 1 is 1.35 bits per heavy atom. The van der Waals surface area contributed by atoms with Gasteiger partial charge in [-0.2, -0.15) is 8.78 Å². The van der Waals surface area contributed by atoms with E-state index in [2.05, 4.69) is 22.1 Å². The number of alkyl halides is 2. The zero-order chi connectivity index (χ0) is 14.5. The van der Waals surface area contributed by atoms with Crippen LogP contribution in [0.3, 0.4) is 0 Å². The summed E-state index contributed by atoms with van der Waals surface area (Å²) in [5, 5.41) is 8.47. The summed E-state index contributed by atoms with van der Waals surface area (Å²) < 4.78 is 27.6. The van der Waals surface area contributed by atoms with Gasteiger partial charge in [0.1, 0.15) is 5.82 Å². The van der Waals surface area contributed by atoms with Gasteiger partial charge in [-0.15, -0.1) is 10.2 Å². The second kappa shape index (κ2) is 6.69. The average molecular weight is 302 g/mol. The van der Waals surface area contributed by atoms with Gasteiger partial charge in [0.05, 0.1) is 5.75 Å². The summed E-state index contributed by atoms with van der Waals surface area (Å²) >= 11 is 1.24. The molecule has 0 amide bonds. The van der Waals surface area contributed by atoms with Crippen molar-refractivity contribution >= 4 is 11.8 Å². The number of nitrogen functional groups attached to an aromatic ring is 1. The molecule has 0 aromatic carbocycles. The predicted molar refractivity (Wildman–Crippen MR) is 71.8 cm³/mol. The highest BCUT2D eigenvalue weighted by Gasteiger charge is 2.14. The van der Waals surface area contributed by atoms with Crippen LogP contribution in [0.5, 0.6) is 0 Å². The lowest BCUT2D eigenvalue weighted by molar-refractivity contribution is 0.0678. The number of thioether (sulfide) groups is 1. The molecule has 9 heteroatoms. The molecule has 0 bridgehead atoms. The molecule has 0 aliphatic heterocycles. The largest absolute Gasteiger partial charge is 0.336 e. The van der Waals surface area contributed by atoms with E-state index in [9.17, 15) is 8.78 Å². The average Bonchev–Trinajstić information content (AvgIpc) is 3.01. The molecule has 0 aliphatic rings. The molecule has 0 aliphatic carbocycles. The van der Waals surface area contributed by atoms with Crippen molar-refractivity contribution in [3.8, 4) is 0 Å². The molecule has 2 aromatic heterocycles. The summed E-state index contributed by atoms with van der Waals surface area (Å²) in [4.78, 5) is 3.90. The fraction of sp³-hybridized carbons (Fsp3) is 0.545. The Morgan fingerprint density at radius 3 is 2.85 bits per heavy atom. The highest BCUT2D eigenvalue weighted by Crippen LogP contribution is 2.22. The van der Waals surface area contributed by atoms with E-state index in [1.54, 1.807) is 0 Å². The van der Waals surface area contributed by atoms with Crippen molar-refractivity contribution < 1.29 is 8.78 Å². The molecule has 2 heterocycles. The van der Waals surface area contributed by atoms with Crippen LogP contribution in [0.25, 0.3) is 0 Å². The summed E-state index contributed by atoms with van der Waals surface area (Å²) in [7, 11) is 0. The molecule has 0 atom stereocenters. The van der Waals surface area contributed by atoms with Crippen LogP contribution in [-0.2, 0) is 12.2 Å². The fourth-order valence-electron chi connectivity index (χ4n) is 1.67. The minimum Gasteiger partial charge on any atom is -0.336 e. The van der Waals surface area contributed by atoms with Gasteiger partial charge in [-0.1, -0.05) is 25.1 Å². The molecule has 0 fully saturated rings. The van der Waals surface area contributed by atoms with Crippen molar-refractivity contribution in [1.29, 1.82) is 0 Å². The molecule has 20 heavy (non-hydrogen) atoms. The first kappa shape index (κ1) is 14.8. The van der Waals surface area contributed by atoms with E-state index in [0.717, 1.165) is 23.8 Å². The first-order chi connectivity index (χ1) is 9.63. The molecule has 110 valence electrons. The van der Waals surface area contributed by atoms with Crippen molar-refractivity contribution in [3.63, 3.8) is 0 Å². The first-order valence-corrected chi connectivity index (χ1v) is 7.24. The summed E-state index contributed by atoms with van der Waals surface area (Å²) in [5.74, 6) is 7.12. The van der Waals surface area contributed by atoms with Crippen molar-refractivity contribution in [2.45, 2.75) is 43.6 Å². The number of imidazole rings is 1. The monoisotopic (exact) mass is 302 g/mol. The number of aromatic nitrogens is 5. The summed E-state index contributed by atoms with van der Waals surface area (Å²) in [6.45, 7) is -0.513. The predicted octanol–water partition coefficient (Wildman–Crippen LogP) is 2.22. The van der Waals surface area contributed by atoms with Gasteiger partial charge in [-0.05, 0) is 6.42 Å². The van der Waals surface area contributed by atoms with Crippen LogP contribution in [0, 0.1) is 0 Å². The van der Waals surface area contributed by atoms with Crippen molar-refractivity contribution in [3.05, 3.63) is 24.0 Å². The van der Waals surface area contributed by atoms with E-state index in [-0.39, 0.29) is 11.6 Å². The van der Waals surface area contributed by atoms with Gasteiger partial charge >= 0.3 is 6.55 Å². The topological polar surface area (TPSA) is 74.5 Å². The highest BCUT2D eigenvalue weighted by atomic mass is 32.2. The normalized spacial score (nSPS) is 11.4. The fourth-order valence-corrected chi connectivity index (χ4v) is 2.50. The Kier molecular flexibility index (Phi) is 4.94. The Balaban J connectivity index is 2.00. The lowest BCUT2D eigenvalue weighted by Gasteiger charge is -2.06. The zero-order valence-corrected chi connectivity index (χ0v) is 11.9. The molecule has 0 saturated heterocycles. The van der Waals surface area contributed by atoms with E-state index in [0.29, 0.717) is 11.0 Å². The third-order valence-electron chi connectivity index (χ3n) is 2.78. The van der Waals surface area contributed by atoms with E-state index in [1.807, 2.05) is 0 Å². The smallest absolute Gasteiger partial charge is 0.319 e. The lowest BCUT2D eigenvalue weighted by atomic mass is 10.2. The van der Waals surface area contributed by atoms with Crippen LogP contribution >= 0.6 is 11.8 Å². The summed E-state index contributed by atoms with van der Waals surface area (Å²) in [6, 6.07) is 0. The second-order valence-electron chi connectivity index (χ2n) is 4.19. The van der Waals surface area contributed by atoms with Gasteiger partial charge in [0.15, 0.2) is 5.82 Å². The minimum atomic E-state index is -2.59. The first-order valence-electron chi connectivity index (χ1n) is 6.25. The Morgan fingerprint density at radius 2 is 2.15 bits per heavy atom. The molecule has 0 unspecified atom stereocenters. The third-order valence-corrected chi connectivity index (χ3v) is 3.72. The van der Waals surface area contributed by atoms with E-state index in [4.69, 9.17) is 5.84 Å². The van der Waals surface area contributed by atoms with E-state index in [1.165, 1.54) is 28.8 Å². The third kappa shape index (κ3) is 3.27. The number of hydrogen-bond acceptors (Lipinski definition) is 5. The second-order valence-corrected chi connectivity index (χ2v) is 5.13. The molecular formula is C11H16F2N6S. The summed E-state index contributed by atoms with van der Waals surface area (Å²) in [5.41, 5.74) is 0. The van der Waals surface area contributed by atoms with Crippen LogP contribution in [-0.4, -0.2) is 24.4 Å². The van der Waals surface area contributed by atoms with Gasteiger partial charge in [0.25, 0.3) is 0 Å². The lowest BCUT2D eigenvalue weighted by Crippen LogP contribution is -2.14. The molecule has 0 spiro atoms. The van der Waals surface area contributed by atoms with Crippen LogP contribution < -0.4 is 5.84 Å². The number of nitrogens with zero attached hydrogens (tertiary/aromatic N) is 5. The molecular weight excluding hydrogens is 286 g/mol. The van der Waals surface area contributed by atoms with Crippen LogP contribution in [0.2, 0.25) is 0 Å². The van der Waals surface area contributed by atoms with Crippen molar-refractivity contribution in [2.24, 2.45) is 0 Å². The number of aryl methyl sites for hydroxylation is 1. The minimum absolute atomic E-state index is 0.264. The quantitative estimate of drug-likeness (QED) is 0.627. The maximum atomic E-state index is 12.7. The SMILES string of the molecule is CCCCc1nnc(SCc2nccn2C(F)F)n1N. The van der Waals surface area contributed by atoms with Crippen molar-refractivity contribution in [2.75, 3.05) is 5.84 Å². The molecule has 0 saturated carbocycles. The Hall–Kier alpha value is -1.64. The Bertz CT molecular complexity index is 553. The van der Waals surface area contributed by atoms with Crippen LogP contribution in [0.15, 0.2) is 17.6 Å². The number of unbranched alkanes of at least 4 members (excludes halogenated alkanes) is 1. The molecule has 2 N–H and O–H groups in total. The highest BCUT2D eigenvalue weighted by molar-refractivity contribution is 7.98. The number of nitrogens with two attached hydrogens (primary N) is 1. The molecule has 0 radical (unpaired) electrons. The van der Waals surface area contributed by atoms with Crippen LogP contribution in [0.1, 0.15) is 38.0 Å². The maximum Gasteiger partial charge on any atom is 0.319 e. The van der Waals surface area contributed by atoms with Gasteiger partial charge in [-0.25, -0.2) is 9.66 Å². The van der Waals surface area contributed by atoms with E-state index >= 15 is 0 Å². The maximum absolute atomic E-state index is 12.7. The number of halogens is 2.